The van der Waals surface area contributed by atoms with Crippen LogP contribution in [0.4, 0.5) is 5.69 Å². The molecule has 4 nitrogen and oxygen atoms in total. The van der Waals surface area contributed by atoms with Crippen LogP contribution in [-0.4, -0.2) is 9.78 Å². The molecule has 0 saturated carbocycles. The standard InChI is InChI=1S/C16H17N4.ClH/c1-13-5-3-7-15(9-13)18-19-11-17-20(12-19)16-8-4-6-14(2)10-16;/h3-12,18H,1-2H3;1H/q+1;/p-1. The molecule has 0 aliphatic rings. The van der Waals surface area contributed by atoms with Gasteiger partial charge >= 0.3 is 0 Å². The second-order valence-electron chi connectivity index (χ2n) is 4.92. The summed E-state index contributed by atoms with van der Waals surface area (Å²) in [6.07, 6.45) is 3.67. The molecule has 2 aromatic carbocycles. The van der Waals surface area contributed by atoms with E-state index < -0.39 is 0 Å². The number of nitrogens with zero attached hydrogens (tertiary/aromatic N) is 3. The zero-order valence-corrected chi connectivity index (χ0v) is 12.7. The third-order valence-electron chi connectivity index (χ3n) is 3.08. The molecule has 0 spiro atoms. The highest BCUT2D eigenvalue weighted by Crippen LogP contribution is 2.09. The maximum absolute atomic E-state index is 4.36. The monoisotopic (exact) mass is 300 g/mol. The molecule has 0 radical (unpaired) electrons. The number of aryl methyl sites for hydroxylation is 2. The predicted octanol–water partition coefficient (Wildman–Crippen LogP) is -0.344. The van der Waals surface area contributed by atoms with Crippen molar-refractivity contribution in [3.05, 3.63) is 72.3 Å². The van der Waals surface area contributed by atoms with Gasteiger partial charge in [0.15, 0.2) is 0 Å². The Morgan fingerprint density at radius 1 is 1.00 bits per heavy atom. The van der Waals surface area contributed by atoms with Crippen molar-refractivity contribution in [1.82, 2.24) is 9.78 Å². The van der Waals surface area contributed by atoms with Gasteiger partial charge in [-0.05, 0) is 49.2 Å². The van der Waals surface area contributed by atoms with E-state index in [1.807, 2.05) is 40.0 Å². The van der Waals surface area contributed by atoms with E-state index in [-0.39, 0.29) is 12.4 Å². The minimum absolute atomic E-state index is 0. The van der Waals surface area contributed by atoms with E-state index in [2.05, 4.69) is 48.6 Å². The van der Waals surface area contributed by atoms with Gasteiger partial charge in [-0.15, -0.1) is 4.68 Å². The maximum Gasteiger partial charge on any atom is 0.287 e. The summed E-state index contributed by atoms with van der Waals surface area (Å²) in [6, 6.07) is 16.5. The second kappa shape index (κ2) is 6.41. The summed E-state index contributed by atoms with van der Waals surface area (Å²) in [6.45, 7) is 4.15. The molecule has 1 N–H and O–H groups in total. The minimum Gasteiger partial charge on any atom is -1.00 e. The lowest BCUT2D eigenvalue weighted by Gasteiger charge is -2.02. The van der Waals surface area contributed by atoms with Crippen molar-refractivity contribution in [2.24, 2.45) is 0 Å². The van der Waals surface area contributed by atoms with Crippen molar-refractivity contribution in [2.75, 3.05) is 5.43 Å². The number of hydrogen-bond donors (Lipinski definition) is 1. The molecule has 1 heterocycles. The zero-order valence-electron chi connectivity index (χ0n) is 12.0. The van der Waals surface area contributed by atoms with Crippen LogP contribution in [0.2, 0.25) is 0 Å². The third kappa shape index (κ3) is 3.61. The van der Waals surface area contributed by atoms with Gasteiger partial charge in [-0.3, -0.25) is 0 Å². The van der Waals surface area contributed by atoms with E-state index in [0.29, 0.717) is 0 Å². The summed E-state index contributed by atoms with van der Waals surface area (Å²) in [7, 11) is 0. The molecule has 3 rings (SSSR count). The Morgan fingerprint density at radius 3 is 2.43 bits per heavy atom. The van der Waals surface area contributed by atoms with Crippen LogP contribution >= 0.6 is 0 Å². The van der Waals surface area contributed by atoms with Crippen molar-refractivity contribution >= 4 is 5.69 Å². The van der Waals surface area contributed by atoms with Crippen LogP contribution in [0.25, 0.3) is 5.69 Å². The summed E-state index contributed by atoms with van der Waals surface area (Å²) in [5.74, 6) is 0. The summed E-state index contributed by atoms with van der Waals surface area (Å²) in [5, 5.41) is 4.36. The third-order valence-corrected chi connectivity index (χ3v) is 3.08. The molecule has 0 fully saturated rings. The van der Waals surface area contributed by atoms with Crippen molar-refractivity contribution in [1.29, 1.82) is 0 Å². The van der Waals surface area contributed by atoms with Crippen LogP contribution in [0, 0.1) is 13.8 Å². The number of benzene rings is 2. The second-order valence-corrected chi connectivity index (χ2v) is 4.92. The molecular weight excluding hydrogens is 284 g/mol. The van der Waals surface area contributed by atoms with Gasteiger partial charge in [0, 0.05) is 5.10 Å². The van der Waals surface area contributed by atoms with Crippen molar-refractivity contribution in [2.45, 2.75) is 13.8 Å². The van der Waals surface area contributed by atoms with Crippen LogP contribution in [-0.2, 0) is 0 Å². The van der Waals surface area contributed by atoms with Crippen LogP contribution < -0.4 is 22.5 Å². The molecule has 21 heavy (non-hydrogen) atoms. The van der Waals surface area contributed by atoms with Gasteiger partial charge < -0.3 is 12.4 Å². The molecule has 3 aromatic rings. The maximum atomic E-state index is 4.36. The van der Waals surface area contributed by atoms with Crippen LogP contribution in [0.1, 0.15) is 11.1 Å². The molecule has 0 unspecified atom stereocenters. The first-order chi connectivity index (χ1) is 9.70. The Labute approximate surface area is 130 Å². The van der Waals surface area contributed by atoms with Crippen LogP contribution in [0.5, 0.6) is 0 Å². The molecule has 0 saturated heterocycles. The van der Waals surface area contributed by atoms with Gasteiger partial charge in [-0.25, -0.2) is 5.43 Å². The van der Waals surface area contributed by atoms with E-state index in [4.69, 9.17) is 0 Å². The Kier molecular flexibility index (Phi) is 4.60. The molecule has 0 atom stereocenters. The molecule has 0 aliphatic carbocycles. The molecule has 5 heteroatoms. The average Bonchev–Trinajstić information content (AvgIpc) is 2.87. The van der Waals surface area contributed by atoms with Gasteiger partial charge in [-0.1, -0.05) is 28.9 Å². The van der Waals surface area contributed by atoms with Gasteiger partial charge in [0.1, 0.15) is 5.69 Å². The van der Waals surface area contributed by atoms with Crippen LogP contribution in [0.15, 0.2) is 61.2 Å². The first kappa shape index (κ1) is 15.1. The van der Waals surface area contributed by atoms with E-state index in [1.54, 1.807) is 6.33 Å². The molecule has 0 amide bonds. The smallest absolute Gasteiger partial charge is 0.287 e. The highest BCUT2D eigenvalue weighted by atomic mass is 35.5. The molecular formula is C16H17ClN4. The highest BCUT2D eigenvalue weighted by molar-refractivity contribution is 5.43. The summed E-state index contributed by atoms with van der Waals surface area (Å²) < 4.78 is 3.69. The zero-order chi connectivity index (χ0) is 13.9. The van der Waals surface area contributed by atoms with Crippen LogP contribution in [0.3, 0.4) is 0 Å². The fraction of sp³-hybridized carbons (Fsp3) is 0.125. The van der Waals surface area contributed by atoms with Crippen molar-refractivity contribution in [3.63, 3.8) is 0 Å². The Bertz CT molecular complexity index is 736. The first-order valence-corrected chi connectivity index (χ1v) is 6.57. The molecule has 1 aromatic heterocycles. The number of hydrogen-bond acceptors (Lipinski definition) is 2. The molecule has 0 bridgehead atoms. The number of anilines is 1. The summed E-state index contributed by atoms with van der Waals surface area (Å²) >= 11 is 0. The predicted molar refractivity (Wildman–Crippen MR) is 78.7 cm³/mol. The Hall–Kier alpha value is -2.33. The largest absolute Gasteiger partial charge is 1.00 e. The Balaban J connectivity index is 0.00000161. The topological polar surface area (TPSA) is 33.7 Å². The molecule has 0 aliphatic heterocycles. The van der Waals surface area contributed by atoms with Gasteiger partial charge in [-0.2, -0.15) is 0 Å². The summed E-state index contributed by atoms with van der Waals surface area (Å²) in [4.78, 5) is 0. The highest BCUT2D eigenvalue weighted by Gasteiger charge is 2.08. The van der Waals surface area contributed by atoms with E-state index in [1.165, 1.54) is 11.1 Å². The average molecular weight is 301 g/mol. The number of halogens is 1. The lowest BCUT2D eigenvalue weighted by molar-refractivity contribution is -0.643. The van der Waals surface area contributed by atoms with Gasteiger partial charge in [0.2, 0.25) is 0 Å². The van der Waals surface area contributed by atoms with Gasteiger partial charge in [0.05, 0.1) is 5.69 Å². The fourth-order valence-electron chi connectivity index (χ4n) is 2.11. The lowest BCUT2D eigenvalue weighted by Crippen LogP contribution is -3.00. The molecule has 108 valence electrons. The first-order valence-electron chi connectivity index (χ1n) is 6.57. The normalized spacial score (nSPS) is 10.0. The Morgan fingerprint density at radius 2 is 1.71 bits per heavy atom. The minimum atomic E-state index is 0. The van der Waals surface area contributed by atoms with Crippen molar-refractivity contribution in [3.8, 4) is 5.69 Å². The number of nitrogens with one attached hydrogen (secondary N) is 1. The quantitative estimate of drug-likeness (QED) is 0.671. The van der Waals surface area contributed by atoms with Crippen molar-refractivity contribution < 1.29 is 17.1 Å². The summed E-state index contributed by atoms with van der Waals surface area (Å²) in [5.41, 5.74) is 7.82. The van der Waals surface area contributed by atoms with E-state index in [9.17, 15) is 0 Å². The van der Waals surface area contributed by atoms with Gasteiger partial charge in [0.25, 0.3) is 12.7 Å². The fourth-order valence-corrected chi connectivity index (χ4v) is 2.11. The van der Waals surface area contributed by atoms with E-state index >= 15 is 0 Å². The van der Waals surface area contributed by atoms with E-state index in [0.717, 1.165) is 11.4 Å². The lowest BCUT2D eigenvalue weighted by atomic mass is 10.2. The SMILES string of the molecule is Cc1cccc(N[n+]2cnn(-c3cccc(C)c3)c2)c1.[Cl-]. The number of rotatable bonds is 3. The number of aromatic nitrogens is 3.